The summed E-state index contributed by atoms with van der Waals surface area (Å²) in [5.41, 5.74) is 2.43. The lowest BCUT2D eigenvalue weighted by molar-refractivity contribution is 0.0816. The number of nitrogens with one attached hydrogen (secondary N) is 1. The predicted octanol–water partition coefficient (Wildman–Crippen LogP) is 0.921. The van der Waals surface area contributed by atoms with Crippen molar-refractivity contribution in [3.05, 3.63) is 11.3 Å². The normalized spacial score (nSPS) is 20.1. The van der Waals surface area contributed by atoms with Crippen molar-refractivity contribution < 1.29 is 4.74 Å². The average molecular weight is 252 g/mol. The van der Waals surface area contributed by atoms with Crippen molar-refractivity contribution in [1.82, 2.24) is 20.0 Å². The van der Waals surface area contributed by atoms with Crippen LogP contribution in [0.2, 0.25) is 0 Å². The first-order valence-corrected chi connectivity index (χ1v) is 6.48. The zero-order valence-electron chi connectivity index (χ0n) is 12.1. The number of methoxy groups -OCH3 is 1. The summed E-state index contributed by atoms with van der Waals surface area (Å²) in [7, 11) is 3.64. The first-order chi connectivity index (χ1) is 8.45. The summed E-state index contributed by atoms with van der Waals surface area (Å²) in [6.07, 6.45) is 0. The van der Waals surface area contributed by atoms with Crippen LogP contribution in [0.3, 0.4) is 0 Å². The minimum Gasteiger partial charge on any atom is -0.481 e. The molecular weight excluding hydrogens is 228 g/mol. The summed E-state index contributed by atoms with van der Waals surface area (Å²) in [5.74, 6) is 0.877. The number of hydrogen-bond acceptors (Lipinski definition) is 4. The lowest BCUT2D eigenvalue weighted by atomic mass is 9.99. The van der Waals surface area contributed by atoms with Crippen molar-refractivity contribution in [2.75, 3.05) is 26.7 Å². The van der Waals surface area contributed by atoms with Gasteiger partial charge >= 0.3 is 0 Å². The van der Waals surface area contributed by atoms with E-state index in [9.17, 15) is 0 Å². The molecule has 0 aromatic carbocycles. The molecule has 1 aliphatic heterocycles. The van der Waals surface area contributed by atoms with Crippen LogP contribution >= 0.6 is 0 Å². The summed E-state index contributed by atoms with van der Waals surface area (Å²) >= 11 is 0. The number of ether oxygens (including phenoxy) is 1. The third-order valence-corrected chi connectivity index (χ3v) is 3.80. The first kappa shape index (κ1) is 13.4. The smallest absolute Gasteiger partial charge is 0.216 e. The summed E-state index contributed by atoms with van der Waals surface area (Å²) < 4.78 is 7.28. The Kier molecular flexibility index (Phi) is 3.64. The Morgan fingerprint density at radius 2 is 2.17 bits per heavy atom. The quantitative estimate of drug-likeness (QED) is 0.869. The van der Waals surface area contributed by atoms with Gasteiger partial charge in [-0.2, -0.15) is 5.10 Å². The van der Waals surface area contributed by atoms with Crippen LogP contribution in [0.1, 0.15) is 25.1 Å². The second-order valence-electron chi connectivity index (χ2n) is 5.61. The van der Waals surface area contributed by atoms with Crippen molar-refractivity contribution in [3.63, 3.8) is 0 Å². The molecule has 0 atom stereocenters. The average Bonchev–Trinajstić information content (AvgIpc) is 2.56. The van der Waals surface area contributed by atoms with E-state index in [1.807, 2.05) is 18.7 Å². The van der Waals surface area contributed by atoms with E-state index in [2.05, 4.69) is 29.2 Å². The van der Waals surface area contributed by atoms with Crippen LogP contribution in [0.25, 0.3) is 0 Å². The Labute approximate surface area is 109 Å². The molecule has 1 fully saturated rings. The van der Waals surface area contributed by atoms with Gasteiger partial charge in [-0.1, -0.05) is 0 Å². The van der Waals surface area contributed by atoms with Gasteiger partial charge < -0.3 is 10.1 Å². The Morgan fingerprint density at radius 3 is 2.78 bits per heavy atom. The molecule has 1 saturated heterocycles. The summed E-state index contributed by atoms with van der Waals surface area (Å²) in [5, 5.41) is 7.89. The fourth-order valence-corrected chi connectivity index (χ4v) is 2.62. The lowest BCUT2D eigenvalue weighted by Crippen LogP contribution is -2.57. The molecule has 0 saturated carbocycles. The molecule has 5 nitrogen and oxygen atoms in total. The van der Waals surface area contributed by atoms with E-state index >= 15 is 0 Å². The second-order valence-corrected chi connectivity index (χ2v) is 5.61. The molecule has 5 heteroatoms. The van der Waals surface area contributed by atoms with Gasteiger partial charge in [0.05, 0.1) is 18.4 Å². The van der Waals surface area contributed by atoms with Crippen molar-refractivity contribution in [1.29, 1.82) is 0 Å². The Morgan fingerprint density at radius 1 is 1.44 bits per heavy atom. The fourth-order valence-electron chi connectivity index (χ4n) is 2.62. The molecule has 0 amide bonds. The highest BCUT2D eigenvalue weighted by Crippen LogP contribution is 2.26. The van der Waals surface area contributed by atoms with Gasteiger partial charge in [-0.25, -0.2) is 4.68 Å². The zero-order valence-corrected chi connectivity index (χ0v) is 12.1. The number of piperazine rings is 1. The SMILES string of the molecule is COc1c(CN2CCNCC2(C)C)c(C)nn1C. The Hall–Kier alpha value is -1.07. The van der Waals surface area contributed by atoms with Gasteiger partial charge in [-0.3, -0.25) is 4.90 Å². The maximum absolute atomic E-state index is 5.46. The van der Waals surface area contributed by atoms with Crippen molar-refractivity contribution in [3.8, 4) is 5.88 Å². The zero-order chi connectivity index (χ0) is 13.3. The first-order valence-electron chi connectivity index (χ1n) is 6.48. The van der Waals surface area contributed by atoms with E-state index in [1.54, 1.807) is 7.11 Å². The van der Waals surface area contributed by atoms with E-state index < -0.39 is 0 Å². The highest BCUT2D eigenvalue weighted by Gasteiger charge is 2.31. The number of aromatic nitrogens is 2. The van der Waals surface area contributed by atoms with Gasteiger partial charge in [0.25, 0.3) is 0 Å². The summed E-state index contributed by atoms with van der Waals surface area (Å²) in [6, 6.07) is 0. The molecule has 2 rings (SSSR count). The molecule has 2 heterocycles. The van der Waals surface area contributed by atoms with Crippen LogP contribution in [0.4, 0.5) is 0 Å². The molecule has 0 aliphatic carbocycles. The van der Waals surface area contributed by atoms with Crippen molar-refractivity contribution >= 4 is 0 Å². The fraction of sp³-hybridized carbons (Fsp3) is 0.769. The van der Waals surface area contributed by atoms with Gasteiger partial charge in [0.2, 0.25) is 5.88 Å². The van der Waals surface area contributed by atoms with E-state index in [0.29, 0.717) is 0 Å². The molecule has 18 heavy (non-hydrogen) atoms. The molecule has 1 aliphatic rings. The second kappa shape index (κ2) is 4.90. The lowest BCUT2D eigenvalue weighted by Gasteiger charge is -2.42. The minimum atomic E-state index is 0.172. The highest BCUT2D eigenvalue weighted by molar-refractivity contribution is 5.31. The highest BCUT2D eigenvalue weighted by atomic mass is 16.5. The topological polar surface area (TPSA) is 42.3 Å². The van der Waals surface area contributed by atoms with E-state index in [4.69, 9.17) is 4.74 Å². The van der Waals surface area contributed by atoms with Gasteiger partial charge in [-0.05, 0) is 20.8 Å². The molecule has 0 radical (unpaired) electrons. The summed E-state index contributed by atoms with van der Waals surface area (Å²) in [4.78, 5) is 2.50. The standard InChI is InChI=1S/C13H24N4O/c1-10-11(12(18-5)16(4)15-10)8-17-7-6-14-9-13(17,2)3/h14H,6-9H2,1-5H3. The van der Waals surface area contributed by atoms with Crippen LogP contribution in [0.15, 0.2) is 0 Å². The Balaban J connectivity index is 2.23. The molecule has 102 valence electrons. The van der Waals surface area contributed by atoms with Crippen LogP contribution in [-0.2, 0) is 13.6 Å². The number of hydrogen-bond donors (Lipinski definition) is 1. The largest absolute Gasteiger partial charge is 0.481 e. The maximum atomic E-state index is 5.46. The van der Waals surface area contributed by atoms with E-state index in [-0.39, 0.29) is 5.54 Å². The third kappa shape index (κ3) is 2.37. The van der Waals surface area contributed by atoms with Crippen molar-refractivity contribution in [2.24, 2.45) is 7.05 Å². The third-order valence-electron chi connectivity index (χ3n) is 3.80. The molecular formula is C13H24N4O. The van der Waals surface area contributed by atoms with Crippen LogP contribution in [-0.4, -0.2) is 47.0 Å². The monoisotopic (exact) mass is 252 g/mol. The maximum Gasteiger partial charge on any atom is 0.216 e. The van der Waals surface area contributed by atoms with Gasteiger partial charge in [0.1, 0.15) is 0 Å². The van der Waals surface area contributed by atoms with Gasteiger partial charge in [-0.15, -0.1) is 0 Å². The number of rotatable bonds is 3. The van der Waals surface area contributed by atoms with Gasteiger partial charge in [0, 0.05) is 38.8 Å². The molecule has 0 spiro atoms. The van der Waals surface area contributed by atoms with Crippen LogP contribution in [0.5, 0.6) is 5.88 Å². The molecule has 1 N–H and O–H groups in total. The van der Waals surface area contributed by atoms with E-state index in [0.717, 1.165) is 37.8 Å². The minimum absolute atomic E-state index is 0.172. The molecule has 1 aromatic rings. The van der Waals surface area contributed by atoms with Crippen LogP contribution < -0.4 is 10.1 Å². The molecule has 1 aromatic heterocycles. The molecule has 0 bridgehead atoms. The van der Waals surface area contributed by atoms with Crippen molar-refractivity contribution in [2.45, 2.75) is 32.9 Å². The van der Waals surface area contributed by atoms with Gasteiger partial charge in [0.15, 0.2) is 0 Å². The predicted molar refractivity (Wildman–Crippen MR) is 71.9 cm³/mol. The summed E-state index contributed by atoms with van der Waals surface area (Å²) in [6.45, 7) is 10.6. The number of aryl methyl sites for hydroxylation is 2. The van der Waals surface area contributed by atoms with Crippen LogP contribution in [0, 0.1) is 6.92 Å². The number of nitrogens with zero attached hydrogens (tertiary/aromatic N) is 3. The van der Waals surface area contributed by atoms with E-state index in [1.165, 1.54) is 5.56 Å². The molecule has 0 unspecified atom stereocenters. The Bertz CT molecular complexity index is 425.